The molecule has 170 valence electrons. The van der Waals surface area contributed by atoms with E-state index in [0.717, 1.165) is 6.07 Å². The molecule has 0 radical (unpaired) electrons. The second-order valence-corrected chi connectivity index (χ2v) is 7.65. The molecule has 0 saturated carbocycles. The van der Waals surface area contributed by atoms with Gasteiger partial charge in [-0.25, -0.2) is 4.98 Å². The van der Waals surface area contributed by atoms with E-state index in [2.05, 4.69) is 10.1 Å². The number of hydrogen-bond donors (Lipinski definition) is 0. The predicted molar refractivity (Wildman–Crippen MR) is 109 cm³/mol. The Morgan fingerprint density at radius 1 is 1.22 bits per heavy atom. The molecule has 0 unspecified atom stereocenters. The number of ether oxygens (including phenoxy) is 2. The van der Waals surface area contributed by atoms with E-state index in [1.807, 2.05) is 0 Å². The summed E-state index contributed by atoms with van der Waals surface area (Å²) in [4.78, 5) is 18.3. The molecule has 0 spiro atoms. The largest absolute Gasteiger partial charge is 0.493 e. The smallest absolute Gasteiger partial charge is 0.417 e. The first kappa shape index (κ1) is 21.9. The van der Waals surface area contributed by atoms with Crippen LogP contribution < -0.4 is 9.47 Å². The van der Waals surface area contributed by atoms with Gasteiger partial charge in [0.25, 0.3) is 11.6 Å². The predicted octanol–water partition coefficient (Wildman–Crippen LogP) is 4.34. The van der Waals surface area contributed by atoms with E-state index < -0.39 is 11.7 Å². The van der Waals surface area contributed by atoms with E-state index >= 15 is 0 Å². The molecule has 3 heterocycles. The molecule has 1 amide bonds. The molecule has 1 aliphatic heterocycles. The van der Waals surface area contributed by atoms with E-state index in [1.54, 1.807) is 29.2 Å². The van der Waals surface area contributed by atoms with E-state index in [1.165, 1.54) is 14.0 Å². The Morgan fingerprint density at radius 2 is 1.91 bits per heavy atom. The molecular formula is C22H22F3N3O4. The highest BCUT2D eigenvalue weighted by atomic mass is 19.4. The Bertz CT molecular complexity index is 1120. The van der Waals surface area contributed by atoms with Gasteiger partial charge in [-0.15, -0.1) is 0 Å². The molecule has 0 atom stereocenters. The number of halogens is 3. The number of likely N-dealkylation sites (tertiary alicyclic amines) is 1. The molecule has 3 aromatic rings. The van der Waals surface area contributed by atoms with Gasteiger partial charge < -0.3 is 18.9 Å². The van der Waals surface area contributed by atoms with Gasteiger partial charge in [-0.05, 0) is 38.0 Å². The first-order chi connectivity index (χ1) is 15.3. The Morgan fingerprint density at radius 3 is 2.56 bits per heavy atom. The zero-order chi connectivity index (χ0) is 22.9. The zero-order valence-electron chi connectivity index (χ0n) is 17.6. The number of aryl methyl sites for hydroxylation is 1. The lowest BCUT2D eigenvalue weighted by Crippen LogP contribution is -2.40. The third kappa shape index (κ3) is 4.35. The van der Waals surface area contributed by atoms with Gasteiger partial charge in [0, 0.05) is 24.7 Å². The van der Waals surface area contributed by atoms with E-state index in [9.17, 15) is 18.0 Å². The average Bonchev–Trinajstić information content (AvgIpc) is 3.20. The molecule has 0 N–H and O–H groups in total. The molecule has 1 aliphatic rings. The van der Waals surface area contributed by atoms with E-state index in [-0.39, 0.29) is 40.9 Å². The number of amides is 1. The van der Waals surface area contributed by atoms with Crippen LogP contribution in [0.25, 0.3) is 11.1 Å². The SMILES string of the molecule is COc1ccccc1OCC(=O)N1CCC(c2noc3nc(C)cc(C(F)(F)F)c23)CC1. The van der Waals surface area contributed by atoms with Crippen molar-refractivity contribution in [1.29, 1.82) is 0 Å². The van der Waals surface area contributed by atoms with Crippen LogP contribution in [-0.4, -0.2) is 47.8 Å². The number of methoxy groups -OCH3 is 1. The number of aromatic nitrogens is 2. The molecule has 0 bridgehead atoms. The van der Waals surface area contributed by atoms with Crippen LogP contribution in [0.15, 0.2) is 34.9 Å². The van der Waals surface area contributed by atoms with Gasteiger partial charge in [0.05, 0.1) is 23.8 Å². The van der Waals surface area contributed by atoms with Gasteiger partial charge in [-0.2, -0.15) is 13.2 Å². The summed E-state index contributed by atoms with van der Waals surface area (Å²) in [7, 11) is 1.52. The molecular weight excluding hydrogens is 427 g/mol. The maximum Gasteiger partial charge on any atom is 0.417 e. The Labute approximate surface area is 182 Å². The quantitative estimate of drug-likeness (QED) is 0.577. The van der Waals surface area contributed by atoms with Crippen molar-refractivity contribution in [3.8, 4) is 11.5 Å². The lowest BCUT2D eigenvalue weighted by Gasteiger charge is -2.31. The molecule has 7 nitrogen and oxygen atoms in total. The van der Waals surface area contributed by atoms with Gasteiger partial charge in [-0.1, -0.05) is 17.3 Å². The summed E-state index contributed by atoms with van der Waals surface area (Å²) in [6.07, 6.45) is -3.61. The van der Waals surface area contributed by atoms with Gasteiger partial charge in [-0.3, -0.25) is 4.79 Å². The van der Waals surface area contributed by atoms with Crippen molar-refractivity contribution in [2.24, 2.45) is 0 Å². The van der Waals surface area contributed by atoms with Crippen molar-refractivity contribution in [2.75, 3.05) is 26.8 Å². The third-order valence-electron chi connectivity index (χ3n) is 5.56. The first-order valence-corrected chi connectivity index (χ1v) is 10.2. The molecule has 10 heteroatoms. The van der Waals surface area contributed by atoms with Crippen LogP contribution in [0.2, 0.25) is 0 Å². The Hall–Kier alpha value is -3.30. The topological polar surface area (TPSA) is 77.7 Å². The van der Waals surface area contributed by atoms with Crippen molar-refractivity contribution in [3.05, 3.63) is 47.3 Å². The van der Waals surface area contributed by atoms with E-state index in [4.69, 9.17) is 14.0 Å². The summed E-state index contributed by atoms with van der Waals surface area (Å²) in [5.74, 6) is 0.532. The minimum Gasteiger partial charge on any atom is -0.493 e. The maximum atomic E-state index is 13.6. The standard InChI is InChI=1S/C22H22F3N3O4/c1-13-11-15(22(23,24)25)19-20(27-32-21(19)26-13)14-7-9-28(10-8-14)18(29)12-31-17-6-4-3-5-16(17)30-2/h3-6,11,14H,7-10,12H2,1-2H3. The minimum atomic E-state index is -4.54. The number of benzene rings is 1. The first-order valence-electron chi connectivity index (χ1n) is 10.2. The number of hydrogen-bond acceptors (Lipinski definition) is 6. The number of para-hydroxylation sites is 2. The van der Waals surface area contributed by atoms with Crippen LogP contribution in [0.3, 0.4) is 0 Å². The highest BCUT2D eigenvalue weighted by Crippen LogP contribution is 2.40. The van der Waals surface area contributed by atoms with Crippen LogP contribution in [0.1, 0.15) is 35.7 Å². The third-order valence-corrected chi connectivity index (χ3v) is 5.56. The van der Waals surface area contributed by atoms with Crippen molar-refractivity contribution in [3.63, 3.8) is 0 Å². The number of piperidine rings is 1. The summed E-state index contributed by atoms with van der Waals surface area (Å²) < 4.78 is 56.7. The van der Waals surface area contributed by atoms with Gasteiger partial charge in [0.15, 0.2) is 18.1 Å². The van der Waals surface area contributed by atoms with Gasteiger partial charge >= 0.3 is 6.18 Å². The molecule has 1 saturated heterocycles. The van der Waals surface area contributed by atoms with Crippen LogP contribution in [-0.2, 0) is 11.0 Å². The molecule has 1 fully saturated rings. The number of carbonyl (C=O) groups is 1. The zero-order valence-corrected chi connectivity index (χ0v) is 17.6. The summed E-state index contributed by atoms with van der Waals surface area (Å²) in [5.41, 5.74) is -0.448. The summed E-state index contributed by atoms with van der Waals surface area (Å²) in [6, 6.07) is 8.03. The lowest BCUT2D eigenvalue weighted by atomic mass is 9.90. The number of nitrogens with zero attached hydrogens (tertiary/aromatic N) is 3. The number of fused-ring (bicyclic) bond motifs is 1. The summed E-state index contributed by atoms with van der Waals surface area (Å²) in [5, 5.41) is 3.83. The summed E-state index contributed by atoms with van der Waals surface area (Å²) in [6.45, 7) is 2.09. The van der Waals surface area contributed by atoms with Crippen LogP contribution in [0.5, 0.6) is 11.5 Å². The fourth-order valence-corrected chi connectivity index (χ4v) is 3.97. The van der Waals surface area contributed by atoms with Crippen molar-refractivity contribution >= 4 is 17.0 Å². The van der Waals surface area contributed by atoms with Gasteiger partial charge in [0.2, 0.25) is 0 Å². The van der Waals surface area contributed by atoms with Crippen molar-refractivity contribution < 1.29 is 32.0 Å². The lowest BCUT2D eigenvalue weighted by molar-refractivity contribution is -0.136. The molecule has 4 rings (SSSR count). The maximum absolute atomic E-state index is 13.6. The number of carbonyl (C=O) groups excluding carboxylic acids is 1. The number of rotatable bonds is 5. The Balaban J connectivity index is 1.44. The second-order valence-electron chi connectivity index (χ2n) is 7.65. The molecule has 32 heavy (non-hydrogen) atoms. The fraction of sp³-hybridized carbons (Fsp3) is 0.409. The summed E-state index contributed by atoms with van der Waals surface area (Å²) >= 11 is 0. The van der Waals surface area contributed by atoms with Crippen LogP contribution in [0, 0.1) is 6.92 Å². The minimum absolute atomic E-state index is 0.0904. The van der Waals surface area contributed by atoms with E-state index in [0.29, 0.717) is 37.4 Å². The average molecular weight is 449 g/mol. The second kappa shape index (κ2) is 8.68. The fourth-order valence-electron chi connectivity index (χ4n) is 3.97. The van der Waals surface area contributed by atoms with Crippen LogP contribution in [0.4, 0.5) is 13.2 Å². The van der Waals surface area contributed by atoms with Gasteiger partial charge in [0.1, 0.15) is 0 Å². The monoisotopic (exact) mass is 449 g/mol. The number of pyridine rings is 1. The highest BCUT2D eigenvalue weighted by molar-refractivity contribution is 5.82. The van der Waals surface area contributed by atoms with Crippen molar-refractivity contribution in [2.45, 2.75) is 31.9 Å². The Kier molecular flexibility index (Phi) is 5.94. The van der Waals surface area contributed by atoms with Crippen LogP contribution >= 0.6 is 0 Å². The number of alkyl halides is 3. The molecule has 1 aromatic carbocycles. The normalized spacial score (nSPS) is 15.2. The highest BCUT2D eigenvalue weighted by Gasteiger charge is 2.37. The molecule has 0 aliphatic carbocycles. The van der Waals surface area contributed by atoms with Crippen molar-refractivity contribution in [1.82, 2.24) is 15.0 Å². The molecule has 2 aromatic heterocycles.